The van der Waals surface area contributed by atoms with Crippen LogP contribution in [0, 0.1) is 10.1 Å². The Morgan fingerprint density at radius 2 is 2.04 bits per heavy atom. The fourth-order valence-corrected chi connectivity index (χ4v) is 2.97. The molecule has 2 N–H and O–H groups in total. The number of halogens is 1. The second-order valence-corrected chi connectivity index (χ2v) is 6.72. The van der Waals surface area contributed by atoms with Gasteiger partial charge in [0.2, 0.25) is 5.91 Å². The maximum atomic E-state index is 12.0. The first kappa shape index (κ1) is 16.5. The first-order valence-electron chi connectivity index (χ1n) is 6.83. The summed E-state index contributed by atoms with van der Waals surface area (Å²) >= 11 is 4.57. The van der Waals surface area contributed by atoms with E-state index in [0.29, 0.717) is 21.9 Å². The molecule has 3 rings (SSSR count). The molecular formula is C15H11BrN4O3S. The summed E-state index contributed by atoms with van der Waals surface area (Å²) in [7, 11) is 0. The van der Waals surface area contributed by atoms with Gasteiger partial charge in [-0.15, -0.1) is 0 Å². The van der Waals surface area contributed by atoms with Crippen molar-refractivity contribution in [3.63, 3.8) is 0 Å². The van der Waals surface area contributed by atoms with Crippen molar-refractivity contribution < 1.29 is 9.72 Å². The third-order valence-corrected chi connectivity index (χ3v) is 4.52. The van der Waals surface area contributed by atoms with Gasteiger partial charge in [-0.1, -0.05) is 27.7 Å². The van der Waals surface area contributed by atoms with Crippen molar-refractivity contribution in [2.45, 2.75) is 5.16 Å². The van der Waals surface area contributed by atoms with Crippen LogP contribution in [0.1, 0.15) is 0 Å². The lowest BCUT2D eigenvalue weighted by atomic mass is 10.3. The van der Waals surface area contributed by atoms with Crippen LogP contribution in [0.5, 0.6) is 0 Å². The number of hydrogen-bond acceptors (Lipinski definition) is 5. The van der Waals surface area contributed by atoms with E-state index in [2.05, 4.69) is 31.2 Å². The molecule has 0 bridgehead atoms. The van der Waals surface area contributed by atoms with E-state index < -0.39 is 4.92 Å². The van der Waals surface area contributed by atoms with Crippen LogP contribution in [0.15, 0.2) is 52.1 Å². The Kier molecular flexibility index (Phi) is 4.81. The molecule has 0 saturated carbocycles. The molecular weight excluding hydrogens is 396 g/mol. The Balaban J connectivity index is 1.63. The number of imidazole rings is 1. The Labute approximate surface area is 149 Å². The van der Waals surface area contributed by atoms with Gasteiger partial charge in [0.15, 0.2) is 5.16 Å². The largest absolute Gasteiger partial charge is 0.333 e. The van der Waals surface area contributed by atoms with Gasteiger partial charge in [0, 0.05) is 22.3 Å². The highest BCUT2D eigenvalue weighted by molar-refractivity contribution is 9.10. The Bertz CT molecular complexity index is 911. The van der Waals surface area contributed by atoms with Crippen molar-refractivity contribution in [3.8, 4) is 0 Å². The van der Waals surface area contributed by atoms with E-state index >= 15 is 0 Å². The van der Waals surface area contributed by atoms with Crippen LogP contribution in [-0.4, -0.2) is 26.6 Å². The maximum Gasteiger partial charge on any atom is 0.271 e. The number of benzene rings is 2. The van der Waals surface area contributed by atoms with E-state index in [1.807, 2.05) is 12.1 Å². The van der Waals surface area contributed by atoms with E-state index in [4.69, 9.17) is 0 Å². The van der Waals surface area contributed by atoms with Crippen molar-refractivity contribution >= 4 is 56.0 Å². The summed E-state index contributed by atoms with van der Waals surface area (Å²) in [5.74, 6) is 0.0200. The molecule has 0 aliphatic heterocycles. The molecule has 0 fully saturated rings. The number of fused-ring (bicyclic) bond motifs is 1. The normalized spacial score (nSPS) is 10.7. The van der Waals surface area contributed by atoms with Gasteiger partial charge in [0.1, 0.15) is 0 Å². The third kappa shape index (κ3) is 3.92. The minimum absolute atomic E-state index is 0.00400. The first-order valence-corrected chi connectivity index (χ1v) is 8.61. The fourth-order valence-electron chi connectivity index (χ4n) is 2.02. The molecule has 3 aromatic rings. The van der Waals surface area contributed by atoms with Crippen LogP contribution in [0.3, 0.4) is 0 Å². The zero-order valence-electron chi connectivity index (χ0n) is 12.2. The molecule has 24 heavy (non-hydrogen) atoms. The van der Waals surface area contributed by atoms with Crippen LogP contribution < -0.4 is 5.32 Å². The highest BCUT2D eigenvalue weighted by Gasteiger charge is 2.11. The maximum absolute atomic E-state index is 12.0. The molecule has 2 aromatic carbocycles. The molecule has 0 atom stereocenters. The zero-order valence-corrected chi connectivity index (χ0v) is 14.6. The van der Waals surface area contributed by atoms with E-state index in [0.717, 1.165) is 4.47 Å². The molecule has 122 valence electrons. The molecule has 0 saturated heterocycles. The molecule has 9 heteroatoms. The number of amides is 1. The average Bonchev–Trinajstić information content (AvgIpc) is 2.97. The third-order valence-electron chi connectivity index (χ3n) is 3.12. The summed E-state index contributed by atoms with van der Waals surface area (Å²) in [6, 6.07) is 11.7. The zero-order chi connectivity index (χ0) is 17.1. The van der Waals surface area contributed by atoms with Gasteiger partial charge in [0.05, 0.1) is 21.7 Å². The molecule has 0 aliphatic rings. The summed E-state index contributed by atoms with van der Waals surface area (Å²) in [5, 5.41) is 14.1. The Morgan fingerprint density at radius 3 is 2.75 bits per heavy atom. The molecule has 0 spiro atoms. The second-order valence-electron chi connectivity index (χ2n) is 4.84. The predicted octanol–water partition coefficient (Wildman–Crippen LogP) is 3.96. The lowest BCUT2D eigenvalue weighted by molar-refractivity contribution is -0.384. The Hall–Kier alpha value is -2.39. The van der Waals surface area contributed by atoms with Crippen molar-refractivity contribution in [3.05, 3.63) is 57.1 Å². The van der Waals surface area contributed by atoms with Gasteiger partial charge in [-0.2, -0.15) is 0 Å². The number of anilines is 1. The van der Waals surface area contributed by atoms with Gasteiger partial charge in [-0.25, -0.2) is 4.98 Å². The number of nitrogens with one attached hydrogen (secondary N) is 2. The van der Waals surface area contributed by atoms with E-state index in [9.17, 15) is 14.9 Å². The monoisotopic (exact) mass is 406 g/mol. The van der Waals surface area contributed by atoms with E-state index in [1.54, 1.807) is 18.2 Å². The molecule has 1 aromatic heterocycles. The molecule has 0 aliphatic carbocycles. The summed E-state index contributed by atoms with van der Waals surface area (Å²) in [6.45, 7) is 0. The van der Waals surface area contributed by atoms with Crippen LogP contribution in [0.4, 0.5) is 11.4 Å². The van der Waals surface area contributed by atoms with Crippen molar-refractivity contribution in [1.82, 2.24) is 9.97 Å². The highest BCUT2D eigenvalue weighted by atomic mass is 79.9. The first-order chi connectivity index (χ1) is 11.5. The fraction of sp³-hybridized carbons (Fsp3) is 0.0667. The number of aromatic nitrogens is 2. The summed E-state index contributed by atoms with van der Waals surface area (Å²) in [4.78, 5) is 29.5. The summed E-state index contributed by atoms with van der Waals surface area (Å²) < 4.78 is 0.936. The average molecular weight is 407 g/mol. The number of nitro benzene ring substituents is 1. The topological polar surface area (TPSA) is 101 Å². The number of H-pyrrole nitrogens is 1. The van der Waals surface area contributed by atoms with Crippen LogP contribution >= 0.6 is 27.7 Å². The number of hydrogen-bond donors (Lipinski definition) is 2. The smallest absolute Gasteiger partial charge is 0.271 e. The second kappa shape index (κ2) is 7.02. The number of nitro groups is 1. The number of carbonyl (C=O) groups is 1. The SMILES string of the molecule is O=C(CSc1nc2ccc([N+](=O)[O-])cc2[nH]1)Nc1ccc(Br)cc1. The van der Waals surface area contributed by atoms with Crippen LogP contribution in [0.2, 0.25) is 0 Å². The standard InChI is InChI=1S/C15H11BrN4O3S/c16-9-1-3-10(4-2-9)17-14(21)8-24-15-18-12-6-5-11(20(22)23)7-13(12)19-15/h1-7H,8H2,(H,17,21)(H,18,19). The van der Waals surface area contributed by atoms with Crippen LogP contribution in [-0.2, 0) is 4.79 Å². The van der Waals surface area contributed by atoms with Crippen molar-refractivity contribution in [2.75, 3.05) is 11.1 Å². The molecule has 0 radical (unpaired) electrons. The molecule has 0 unspecified atom stereocenters. The summed E-state index contributed by atoms with van der Waals surface area (Å²) in [5.41, 5.74) is 1.90. The van der Waals surface area contributed by atoms with Gasteiger partial charge in [-0.3, -0.25) is 14.9 Å². The highest BCUT2D eigenvalue weighted by Crippen LogP contribution is 2.23. The van der Waals surface area contributed by atoms with E-state index in [1.165, 1.54) is 23.9 Å². The quantitative estimate of drug-likeness (QED) is 0.379. The number of rotatable bonds is 5. The number of carbonyl (C=O) groups excluding carboxylic acids is 1. The number of aromatic amines is 1. The minimum Gasteiger partial charge on any atom is -0.333 e. The number of thioether (sulfide) groups is 1. The minimum atomic E-state index is -0.460. The lowest BCUT2D eigenvalue weighted by Gasteiger charge is -2.04. The van der Waals surface area contributed by atoms with Crippen molar-refractivity contribution in [2.24, 2.45) is 0 Å². The predicted molar refractivity (Wildman–Crippen MR) is 96.2 cm³/mol. The lowest BCUT2D eigenvalue weighted by Crippen LogP contribution is -2.13. The Morgan fingerprint density at radius 1 is 1.29 bits per heavy atom. The van der Waals surface area contributed by atoms with Gasteiger partial charge >= 0.3 is 0 Å². The van der Waals surface area contributed by atoms with Gasteiger partial charge < -0.3 is 10.3 Å². The van der Waals surface area contributed by atoms with Gasteiger partial charge in [-0.05, 0) is 30.3 Å². The number of nitrogens with zero attached hydrogens (tertiary/aromatic N) is 2. The molecule has 7 nitrogen and oxygen atoms in total. The van der Waals surface area contributed by atoms with Crippen LogP contribution in [0.25, 0.3) is 11.0 Å². The van der Waals surface area contributed by atoms with Gasteiger partial charge in [0.25, 0.3) is 5.69 Å². The van der Waals surface area contributed by atoms with Crippen molar-refractivity contribution in [1.29, 1.82) is 0 Å². The van der Waals surface area contributed by atoms with E-state index in [-0.39, 0.29) is 17.3 Å². The molecule has 1 heterocycles. The molecule has 1 amide bonds. The summed E-state index contributed by atoms with van der Waals surface area (Å²) in [6.07, 6.45) is 0. The number of non-ortho nitro benzene ring substituents is 1.